The Bertz CT molecular complexity index is 385. The molecule has 1 aromatic rings. The fraction of sp³-hybridized carbons (Fsp3) is 0.273. The largest absolute Gasteiger partial charge is 0.397 e. The fourth-order valence-corrected chi connectivity index (χ4v) is 1.11. The van der Waals surface area contributed by atoms with Gasteiger partial charge in [-0.25, -0.2) is 0 Å². The second-order valence-corrected chi connectivity index (χ2v) is 3.13. The third-order valence-electron chi connectivity index (χ3n) is 1.92. The molecule has 0 bridgehead atoms. The first-order valence-electron chi connectivity index (χ1n) is 4.44. The molecular formula is C11H15N3. The van der Waals surface area contributed by atoms with E-state index in [2.05, 4.69) is 17.2 Å². The zero-order valence-corrected chi connectivity index (χ0v) is 8.52. The topological polar surface area (TPSA) is 64.1 Å². The van der Waals surface area contributed by atoms with E-state index in [1.165, 1.54) is 0 Å². The van der Waals surface area contributed by atoms with Crippen LogP contribution in [0.5, 0.6) is 0 Å². The van der Waals surface area contributed by atoms with Crippen LogP contribution in [0.4, 0.5) is 11.4 Å². The van der Waals surface area contributed by atoms with Crippen LogP contribution in [0.2, 0.25) is 0 Å². The van der Waals surface area contributed by atoms with E-state index in [1.807, 2.05) is 26.1 Å². The number of nitrogen functional groups attached to an aromatic ring is 2. The molecule has 0 fully saturated rings. The van der Waals surface area contributed by atoms with Gasteiger partial charge in [0.25, 0.3) is 0 Å². The van der Waals surface area contributed by atoms with Gasteiger partial charge in [-0.2, -0.15) is 0 Å². The molecule has 0 aliphatic heterocycles. The van der Waals surface area contributed by atoms with Crippen LogP contribution in [-0.4, -0.2) is 13.6 Å². The molecule has 1 rings (SSSR count). The smallest absolute Gasteiger partial charge is 0.0577 e. The standard InChI is InChI=1S/C11H15N3/c1-8-6-10(12)11(13)7-9(8)4-3-5-14-2/h6-7,14H,5,12-13H2,1-2H3. The van der Waals surface area contributed by atoms with Gasteiger partial charge in [0, 0.05) is 5.56 Å². The van der Waals surface area contributed by atoms with Crippen molar-refractivity contribution in [3.05, 3.63) is 23.3 Å². The normalized spacial score (nSPS) is 9.29. The highest BCUT2D eigenvalue weighted by Crippen LogP contribution is 2.19. The van der Waals surface area contributed by atoms with E-state index < -0.39 is 0 Å². The van der Waals surface area contributed by atoms with Gasteiger partial charge < -0.3 is 16.8 Å². The van der Waals surface area contributed by atoms with Gasteiger partial charge >= 0.3 is 0 Å². The third-order valence-corrected chi connectivity index (χ3v) is 1.92. The molecule has 0 saturated carbocycles. The highest BCUT2D eigenvalue weighted by Gasteiger charge is 1.99. The average Bonchev–Trinajstić information content (AvgIpc) is 2.14. The van der Waals surface area contributed by atoms with Gasteiger partial charge in [-0.1, -0.05) is 11.8 Å². The van der Waals surface area contributed by atoms with Crippen LogP contribution in [0.3, 0.4) is 0 Å². The molecule has 0 saturated heterocycles. The molecule has 1 aromatic carbocycles. The van der Waals surface area contributed by atoms with Gasteiger partial charge in [0.2, 0.25) is 0 Å². The van der Waals surface area contributed by atoms with E-state index in [0.717, 1.165) is 11.1 Å². The van der Waals surface area contributed by atoms with Crippen LogP contribution in [0.1, 0.15) is 11.1 Å². The molecule has 3 nitrogen and oxygen atoms in total. The lowest BCUT2D eigenvalue weighted by Gasteiger charge is -2.03. The molecule has 0 spiro atoms. The minimum absolute atomic E-state index is 0.587. The van der Waals surface area contributed by atoms with E-state index in [9.17, 15) is 0 Å². The minimum Gasteiger partial charge on any atom is -0.397 e. The molecule has 0 unspecified atom stereocenters. The van der Waals surface area contributed by atoms with Crippen LogP contribution < -0.4 is 16.8 Å². The number of nitrogens with two attached hydrogens (primary N) is 2. The minimum atomic E-state index is 0.587. The SMILES string of the molecule is CNCC#Cc1cc(N)c(N)cc1C. The highest BCUT2D eigenvalue weighted by atomic mass is 14.8. The number of aryl methyl sites for hydroxylation is 1. The second kappa shape index (κ2) is 4.54. The molecule has 0 aromatic heterocycles. The summed E-state index contributed by atoms with van der Waals surface area (Å²) in [6, 6.07) is 3.66. The highest BCUT2D eigenvalue weighted by molar-refractivity contribution is 5.67. The van der Waals surface area contributed by atoms with E-state index in [0.29, 0.717) is 17.9 Å². The summed E-state index contributed by atoms with van der Waals surface area (Å²) in [6.07, 6.45) is 0. The Labute approximate surface area is 84.5 Å². The summed E-state index contributed by atoms with van der Waals surface area (Å²) < 4.78 is 0. The first-order valence-corrected chi connectivity index (χ1v) is 4.44. The Hall–Kier alpha value is -1.66. The quantitative estimate of drug-likeness (QED) is 0.451. The van der Waals surface area contributed by atoms with Crippen molar-refractivity contribution in [2.45, 2.75) is 6.92 Å². The second-order valence-electron chi connectivity index (χ2n) is 3.13. The molecule has 0 heterocycles. The van der Waals surface area contributed by atoms with Crippen molar-refractivity contribution in [2.24, 2.45) is 0 Å². The summed E-state index contributed by atoms with van der Waals surface area (Å²) >= 11 is 0. The monoisotopic (exact) mass is 189 g/mol. The lowest BCUT2D eigenvalue weighted by atomic mass is 10.1. The van der Waals surface area contributed by atoms with Gasteiger partial charge in [-0.05, 0) is 31.7 Å². The first-order chi connectivity index (χ1) is 6.65. The van der Waals surface area contributed by atoms with Crippen molar-refractivity contribution in [3.8, 4) is 11.8 Å². The van der Waals surface area contributed by atoms with Crippen LogP contribution in [0.15, 0.2) is 12.1 Å². The van der Waals surface area contributed by atoms with Crippen molar-refractivity contribution < 1.29 is 0 Å². The Kier molecular flexibility index (Phi) is 3.38. The number of rotatable bonds is 1. The molecule has 0 radical (unpaired) electrons. The van der Waals surface area contributed by atoms with Crippen molar-refractivity contribution in [2.75, 3.05) is 25.1 Å². The van der Waals surface area contributed by atoms with Gasteiger partial charge in [-0.15, -0.1) is 0 Å². The Morgan fingerprint density at radius 3 is 2.57 bits per heavy atom. The predicted molar refractivity (Wildman–Crippen MR) is 60.8 cm³/mol. The molecule has 0 amide bonds. The molecule has 0 aliphatic rings. The van der Waals surface area contributed by atoms with E-state index in [1.54, 1.807) is 0 Å². The van der Waals surface area contributed by atoms with Gasteiger partial charge in [0.1, 0.15) is 0 Å². The fourth-order valence-electron chi connectivity index (χ4n) is 1.11. The van der Waals surface area contributed by atoms with E-state index >= 15 is 0 Å². The lowest BCUT2D eigenvalue weighted by molar-refractivity contribution is 0.938. The Morgan fingerprint density at radius 1 is 1.29 bits per heavy atom. The number of nitrogens with one attached hydrogen (secondary N) is 1. The van der Waals surface area contributed by atoms with Gasteiger partial charge in [0.05, 0.1) is 17.9 Å². The maximum Gasteiger partial charge on any atom is 0.0577 e. The third kappa shape index (κ3) is 2.41. The Balaban J connectivity index is 3.00. The molecule has 3 heteroatoms. The summed E-state index contributed by atoms with van der Waals surface area (Å²) in [5.74, 6) is 6.02. The van der Waals surface area contributed by atoms with Crippen molar-refractivity contribution in [1.82, 2.24) is 5.32 Å². The molecule has 0 aliphatic carbocycles. The molecule has 5 N–H and O–H groups in total. The van der Waals surface area contributed by atoms with Crippen LogP contribution in [-0.2, 0) is 0 Å². The number of benzene rings is 1. The van der Waals surface area contributed by atoms with Crippen LogP contribution in [0.25, 0.3) is 0 Å². The van der Waals surface area contributed by atoms with Crippen LogP contribution in [0, 0.1) is 18.8 Å². The maximum atomic E-state index is 5.69. The summed E-state index contributed by atoms with van der Waals surface area (Å²) in [5.41, 5.74) is 14.5. The van der Waals surface area contributed by atoms with Gasteiger partial charge in [0.15, 0.2) is 0 Å². The molecule has 14 heavy (non-hydrogen) atoms. The van der Waals surface area contributed by atoms with Crippen LogP contribution >= 0.6 is 0 Å². The molecule has 0 atom stereocenters. The Morgan fingerprint density at radius 2 is 1.93 bits per heavy atom. The van der Waals surface area contributed by atoms with E-state index in [4.69, 9.17) is 11.5 Å². The van der Waals surface area contributed by atoms with Gasteiger partial charge in [-0.3, -0.25) is 0 Å². The van der Waals surface area contributed by atoms with Crippen molar-refractivity contribution >= 4 is 11.4 Å². The maximum absolute atomic E-state index is 5.69. The summed E-state index contributed by atoms with van der Waals surface area (Å²) in [7, 11) is 1.86. The molecule has 74 valence electrons. The number of hydrogen-bond acceptors (Lipinski definition) is 3. The summed E-state index contributed by atoms with van der Waals surface area (Å²) in [5, 5.41) is 2.95. The lowest BCUT2D eigenvalue weighted by Crippen LogP contribution is -2.04. The zero-order valence-electron chi connectivity index (χ0n) is 8.52. The zero-order chi connectivity index (χ0) is 10.6. The average molecular weight is 189 g/mol. The summed E-state index contributed by atoms with van der Waals surface area (Å²) in [4.78, 5) is 0. The first kappa shape index (κ1) is 10.4. The number of hydrogen-bond donors (Lipinski definition) is 3. The number of anilines is 2. The molecular weight excluding hydrogens is 174 g/mol. The van der Waals surface area contributed by atoms with Crippen molar-refractivity contribution in [3.63, 3.8) is 0 Å². The predicted octanol–water partition coefficient (Wildman–Crippen LogP) is 0.730. The summed E-state index contributed by atoms with van der Waals surface area (Å²) in [6.45, 7) is 2.64. The van der Waals surface area contributed by atoms with E-state index in [-0.39, 0.29) is 0 Å². The van der Waals surface area contributed by atoms with Crippen molar-refractivity contribution in [1.29, 1.82) is 0 Å².